The first-order valence-electron chi connectivity index (χ1n) is 5.97. The lowest BCUT2D eigenvalue weighted by Gasteiger charge is -2.18. The number of thiophene rings is 1. The highest BCUT2D eigenvalue weighted by Gasteiger charge is 2.20. The van der Waals surface area contributed by atoms with Gasteiger partial charge in [-0.15, -0.1) is 11.3 Å². The smallest absolute Gasteiger partial charge is 0.137 e. The summed E-state index contributed by atoms with van der Waals surface area (Å²) in [5.41, 5.74) is 0.337. The van der Waals surface area contributed by atoms with Gasteiger partial charge in [-0.2, -0.15) is 0 Å². The lowest BCUT2D eigenvalue weighted by molar-refractivity contribution is 0.545. The average Bonchev–Trinajstić information content (AvgIpc) is 2.78. The Morgan fingerprint density at radius 1 is 1.26 bits per heavy atom. The minimum atomic E-state index is -0.451. The van der Waals surface area contributed by atoms with Gasteiger partial charge in [0.1, 0.15) is 11.6 Å². The molecule has 2 rings (SSSR count). The van der Waals surface area contributed by atoms with E-state index in [0.717, 1.165) is 9.75 Å². The number of hydrogen-bond donors (Lipinski definition) is 1. The van der Waals surface area contributed by atoms with Crippen LogP contribution in [0.4, 0.5) is 8.78 Å². The maximum Gasteiger partial charge on any atom is 0.137 e. The Hall–Kier alpha value is -0.780. The van der Waals surface area contributed by atoms with E-state index in [1.165, 1.54) is 12.1 Å². The van der Waals surface area contributed by atoms with E-state index < -0.39 is 11.6 Å². The molecule has 0 spiro atoms. The maximum atomic E-state index is 14.1. The molecule has 0 aliphatic carbocycles. The van der Waals surface area contributed by atoms with E-state index in [1.54, 1.807) is 11.3 Å². The first-order valence-corrected chi connectivity index (χ1v) is 7.58. The first-order chi connectivity index (χ1) is 9.02. The fourth-order valence-corrected chi connectivity index (χ4v) is 3.22. The first kappa shape index (κ1) is 14.6. The second kappa shape index (κ2) is 6.11. The summed E-state index contributed by atoms with van der Waals surface area (Å²) < 4.78 is 27.9. The zero-order valence-electron chi connectivity index (χ0n) is 10.6. The third kappa shape index (κ3) is 3.22. The van der Waals surface area contributed by atoms with Gasteiger partial charge >= 0.3 is 0 Å². The fourth-order valence-electron chi connectivity index (χ4n) is 1.94. The van der Waals surface area contributed by atoms with Crippen LogP contribution in [0.3, 0.4) is 0 Å². The van der Waals surface area contributed by atoms with Gasteiger partial charge in [-0.1, -0.05) is 6.92 Å². The molecule has 0 aliphatic heterocycles. The SMILES string of the molecule is CCNC(c1ccc(C)s1)c1cc(F)c(Br)cc1F. The second-order valence-corrected chi connectivity index (χ2v) is 6.40. The summed E-state index contributed by atoms with van der Waals surface area (Å²) in [5.74, 6) is -0.863. The number of aryl methyl sites for hydroxylation is 1. The summed E-state index contributed by atoms with van der Waals surface area (Å²) in [4.78, 5) is 2.14. The topological polar surface area (TPSA) is 12.0 Å². The van der Waals surface area contributed by atoms with Gasteiger partial charge in [-0.25, -0.2) is 8.78 Å². The van der Waals surface area contributed by atoms with Gasteiger partial charge in [0, 0.05) is 15.3 Å². The van der Waals surface area contributed by atoms with Crippen LogP contribution in [0.5, 0.6) is 0 Å². The minimum Gasteiger partial charge on any atom is -0.306 e. The molecule has 102 valence electrons. The van der Waals surface area contributed by atoms with Gasteiger partial charge < -0.3 is 5.32 Å². The molecule has 5 heteroatoms. The molecule has 19 heavy (non-hydrogen) atoms. The Kier molecular flexibility index (Phi) is 4.71. The number of nitrogens with one attached hydrogen (secondary N) is 1. The lowest BCUT2D eigenvalue weighted by Crippen LogP contribution is -2.22. The van der Waals surface area contributed by atoms with Crippen LogP contribution in [-0.4, -0.2) is 6.54 Å². The summed E-state index contributed by atoms with van der Waals surface area (Å²) in [7, 11) is 0. The molecule has 1 nitrogen and oxygen atoms in total. The van der Waals surface area contributed by atoms with Crippen LogP contribution in [0, 0.1) is 18.6 Å². The summed E-state index contributed by atoms with van der Waals surface area (Å²) >= 11 is 4.58. The van der Waals surface area contributed by atoms with Crippen LogP contribution in [0.2, 0.25) is 0 Å². The number of rotatable bonds is 4. The van der Waals surface area contributed by atoms with Crippen LogP contribution in [0.15, 0.2) is 28.7 Å². The minimum absolute atomic E-state index is 0.145. The van der Waals surface area contributed by atoms with E-state index in [0.29, 0.717) is 12.1 Å². The van der Waals surface area contributed by atoms with Crippen LogP contribution in [0.25, 0.3) is 0 Å². The molecular weight excluding hydrogens is 332 g/mol. The third-order valence-corrected chi connectivity index (χ3v) is 4.48. The van der Waals surface area contributed by atoms with Crippen molar-refractivity contribution in [3.8, 4) is 0 Å². The molecule has 0 fully saturated rings. The summed E-state index contributed by atoms with van der Waals surface area (Å²) in [6, 6.07) is 6.05. The lowest BCUT2D eigenvalue weighted by atomic mass is 10.0. The van der Waals surface area contributed by atoms with Crippen LogP contribution < -0.4 is 5.32 Å². The van der Waals surface area contributed by atoms with E-state index in [1.807, 2.05) is 26.0 Å². The summed E-state index contributed by atoms with van der Waals surface area (Å²) in [6.07, 6.45) is 0. The quantitative estimate of drug-likeness (QED) is 0.785. The molecule has 2 aromatic rings. The molecular formula is C14H14BrF2NS. The summed E-state index contributed by atoms with van der Waals surface area (Å²) in [6.45, 7) is 4.62. The van der Waals surface area contributed by atoms with Crippen molar-refractivity contribution in [3.63, 3.8) is 0 Å². The number of halogens is 3. The molecule has 1 unspecified atom stereocenters. The molecule has 0 bridgehead atoms. The Bertz CT molecular complexity index is 583. The highest BCUT2D eigenvalue weighted by Crippen LogP contribution is 2.32. The molecule has 0 amide bonds. The van der Waals surface area contributed by atoms with Crippen molar-refractivity contribution < 1.29 is 8.78 Å². The largest absolute Gasteiger partial charge is 0.306 e. The predicted octanol–water partition coefficient (Wildman–Crippen LogP) is 4.80. The van der Waals surface area contributed by atoms with Crippen molar-refractivity contribution >= 4 is 27.3 Å². The van der Waals surface area contributed by atoms with Crippen molar-refractivity contribution in [1.82, 2.24) is 5.32 Å². The molecule has 1 N–H and O–H groups in total. The van der Waals surface area contributed by atoms with Gasteiger partial charge in [0.15, 0.2) is 0 Å². The molecule has 1 heterocycles. The standard InChI is InChI=1S/C14H14BrF2NS/c1-3-18-14(13-5-4-8(2)19-13)9-6-12(17)10(15)7-11(9)16/h4-7,14,18H,3H2,1-2H3. The Balaban J connectivity index is 2.47. The molecule has 0 saturated carbocycles. The van der Waals surface area contributed by atoms with E-state index >= 15 is 0 Å². The van der Waals surface area contributed by atoms with E-state index in [-0.39, 0.29) is 10.5 Å². The van der Waals surface area contributed by atoms with E-state index in [9.17, 15) is 8.78 Å². The average molecular weight is 346 g/mol. The van der Waals surface area contributed by atoms with Crippen molar-refractivity contribution in [2.45, 2.75) is 19.9 Å². The summed E-state index contributed by atoms with van der Waals surface area (Å²) in [5, 5.41) is 3.20. The van der Waals surface area contributed by atoms with Crippen LogP contribution in [-0.2, 0) is 0 Å². The van der Waals surface area contributed by atoms with Gasteiger partial charge in [0.25, 0.3) is 0 Å². The van der Waals surface area contributed by atoms with Crippen molar-refractivity contribution in [1.29, 1.82) is 0 Å². The molecule has 1 aromatic heterocycles. The van der Waals surface area contributed by atoms with Gasteiger partial charge in [0.2, 0.25) is 0 Å². The van der Waals surface area contributed by atoms with Crippen molar-refractivity contribution in [2.24, 2.45) is 0 Å². The Labute approximate surface area is 123 Å². The Morgan fingerprint density at radius 2 is 2.00 bits per heavy atom. The van der Waals surface area contributed by atoms with E-state index in [2.05, 4.69) is 21.2 Å². The molecule has 0 saturated heterocycles. The number of hydrogen-bond acceptors (Lipinski definition) is 2. The third-order valence-electron chi connectivity index (χ3n) is 2.80. The highest BCUT2D eigenvalue weighted by atomic mass is 79.9. The maximum absolute atomic E-state index is 14.1. The molecule has 0 aliphatic rings. The van der Waals surface area contributed by atoms with Crippen molar-refractivity contribution in [2.75, 3.05) is 6.54 Å². The monoisotopic (exact) mass is 345 g/mol. The van der Waals surface area contributed by atoms with E-state index in [4.69, 9.17) is 0 Å². The van der Waals surface area contributed by atoms with Crippen LogP contribution >= 0.6 is 27.3 Å². The fraction of sp³-hybridized carbons (Fsp3) is 0.286. The van der Waals surface area contributed by atoms with Crippen molar-refractivity contribution in [3.05, 3.63) is 55.7 Å². The molecule has 1 aromatic carbocycles. The molecule has 1 atom stereocenters. The van der Waals surface area contributed by atoms with Gasteiger partial charge in [-0.05, 0) is 53.7 Å². The Morgan fingerprint density at radius 3 is 2.58 bits per heavy atom. The van der Waals surface area contributed by atoms with Gasteiger partial charge in [-0.3, -0.25) is 0 Å². The zero-order valence-corrected chi connectivity index (χ0v) is 13.0. The highest BCUT2D eigenvalue weighted by molar-refractivity contribution is 9.10. The second-order valence-electron chi connectivity index (χ2n) is 4.23. The van der Waals surface area contributed by atoms with Gasteiger partial charge in [0.05, 0.1) is 10.5 Å². The van der Waals surface area contributed by atoms with Crippen LogP contribution in [0.1, 0.15) is 28.3 Å². The normalized spacial score (nSPS) is 12.7. The molecule has 0 radical (unpaired) electrons. The number of benzene rings is 1. The predicted molar refractivity (Wildman–Crippen MR) is 78.6 cm³/mol. The zero-order chi connectivity index (χ0) is 14.0.